The Kier molecular flexibility index (Phi) is 4.87. The van der Waals surface area contributed by atoms with Gasteiger partial charge in [0, 0.05) is 10.6 Å². The lowest BCUT2D eigenvalue weighted by Crippen LogP contribution is -2.19. The number of nitrogens with one attached hydrogen (secondary N) is 2. The van der Waals surface area contributed by atoms with Crippen molar-refractivity contribution >= 4 is 35.4 Å². The normalized spacial score (nSPS) is 10.6. The summed E-state index contributed by atoms with van der Waals surface area (Å²) in [6.45, 7) is 1.81. The number of carbonyl (C=O) groups excluding carboxylic acids is 1. The molecule has 2 aromatic carbocycles. The van der Waals surface area contributed by atoms with Crippen LogP contribution < -0.4 is 5.32 Å². The molecule has 3 rings (SSSR count). The van der Waals surface area contributed by atoms with Gasteiger partial charge in [-0.05, 0) is 61.1 Å². The number of aryl methyl sites for hydroxylation is 1. The lowest BCUT2D eigenvalue weighted by Gasteiger charge is -2.10. The van der Waals surface area contributed by atoms with Gasteiger partial charge in [0.25, 0.3) is 0 Å². The third-order valence-corrected chi connectivity index (χ3v) is 4.15. The Bertz CT molecular complexity index is 979. The van der Waals surface area contributed by atoms with Gasteiger partial charge in [-0.1, -0.05) is 17.7 Å². The van der Waals surface area contributed by atoms with Gasteiger partial charge >= 0.3 is 0 Å². The molecule has 1 amide bonds. The van der Waals surface area contributed by atoms with Gasteiger partial charge < -0.3 is 10.4 Å². The van der Waals surface area contributed by atoms with Crippen molar-refractivity contribution in [1.29, 1.82) is 0 Å². The molecule has 3 aromatic rings. The summed E-state index contributed by atoms with van der Waals surface area (Å²) in [5.41, 5.74) is 2.03. The molecule has 0 aliphatic carbocycles. The van der Waals surface area contributed by atoms with Crippen molar-refractivity contribution in [2.24, 2.45) is 0 Å². The number of rotatable bonds is 4. The predicted octanol–water partition coefficient (Wildman–Crippen LogP) is 3.91. The van der Waals surface area contributed by atoms with Gasteiger partial charge in [-0.2, -0.15) is 5.10 Å². The van der Waals surface area contributed by atoms with E-state index in [9.17, 15) is 9.90 Å². The number of nitrogens with zero attached hydrogens (tertiary/aromatic N) is 2. The molecule has 128 valence electrons. The number of anilines is 1. The summed E-state index contributed by atoms with van der Waals surface area (Å²) >= 11 is 11.1. The number of halogens is 1. The van der Waals surface area contributed by atoms with Crippen LogP contribution in [0, 0.1) is 11.7 Å². The molecule has 0 aliphatic heterocycles. The van der Waals surface area contributed by atoms with Crippen LogP contribution in [0.1, 0.15) is 5.56 Å². The highest BCUT2D eigenvalue weighted by Crippen LogP contribution is 2.24. The number of phenolic OH excluding ortho intramolecular Hbond substituents is 1. The highest BCUT2D eigenvalue weighted by Gasteiger charge is 2.13. The fourth-order valence-electron chi connectivity index (χ4n) is 2.36. The Morgan fingerprint density at radius 3 is 2.72 bits per heavy atom. The summed E-state index contributed by atoms with van der Waals surface area (Å²) in [6, 6.07) is 12.1. The van der Waals surface area contributed by atoms with Crippen LogP contribution in [0.5, 0.6) is 5.75 Å². The zero-order valence-corrected chi connectivity index (χ0v) is 14.9. The van der Waals surface area contributed by atoms with Gasteiger partial charge in [-0.3, -0.25) is 14.5 Å². The van der Waals surface area contributed by atoms with Crippen LogP contribution in [0.4, 0.5) is 5.69 Å². The monoisotopic (exact) mass is 374 g/mol. The maximum Gasteiger partial charge on any atom is 0.244 e. The van der Waals surface area contributed by atoms with Crippen LogP contribution in [0.25, 0.3) is 11.4 Å². The van der Waals surface area contributed by atoms with Crippen molar-refractivity contribution in [2.75, 3.05) is 5.32 Å². The summed E-state index contributed by atoms with van der Waals surface area (Å²) in [7, 11) is 0. The van der Waals surface area contributed by atoms with E-state index in [0.717, 1.165) is 11.1 Å². The van der Waals surface area contributed by atoms with Crippen molar-refractivity contribution in [2.45, 2.75) is 13.5 Å². The van der Waals surface area contributed by atoms with Crippen LogP contribution in [0.15, 0.2) is 42.5 Å². The van der Waals surface area contributed by atoms with Gasteiger partial charge in [0.05, 0.1) is 5.69 Å². The van der Waals surface area contributed by atoms with Crippen LogP contribution in [-0.2, 0) is 11.3 Å². The number of phenols is 1. The predicted molar refractivity (Wildman–Crippen MR) is 99.3 cm³/mol. The van der Waals surface area contributed by atoms with Gasteiger partial charge in [-0.15, -0.1) is 0 Å². The van der Waals surface area contributed by atoms with Crippen molar-refractivity contribution in [1.82, 2.24) is 14.8 Å². The fraction of sp³-hybridized carbons (Fsp3) is 0.118. The third kappa shape index (κ3) is 3.89. The lowest BCUT2D eigenvalue weighted by molar-refractivity contribution is -0.116. The number of aromatic amines is 1. The Labute approximate surface area is 154 Å². The van der Waals surface area contributed by atoms with E-state index < -0.39 is 0 Å². The molecule has 0 radical (unpaired) electrons. The van der Waals surface area contributed by atoms with E-state index in [2.05, 4.69) is 15.5 Å². The van der Waals surface area contributed by atoms with Crippen molar-refractivity contribution in [3.8, 4) is 17.1 Å². The molecule has 25 heavy (non-hydrogen) atoms. The first-order valence-corrected chi connectivity index (χ1v) is 8.23. The molecule has 0 aliphatic rings. The number of hydrogen-bond acceptors (Lipinski definition) is 4. The molecule has 0 saturated heterocycles. The number of aromatic nitrogens is 3. The minimum absolute atomic E-state index is 0.0158. The molecule has 8 heteroatoms. The molecule has 1 heterocycles. The maximum absolute atomic E-state index is 12.4. The highest BCUT2D eigenvalue weighted by molar-refractivity contribution is 7.71. The van der Waals surface area contributed by atoms with E-state index in [1.165, 1.54) is 0 Å². The number of aromatic hydroxyl groups is 1. The smallest absolute Gasteiger partial charge is 0.244 e. The number of hydrogen-bond donors (Lipinski definition) is 3. The van der Waals surface area contributed by atoms with E-state index in [0.29, 0.717) is 21.3 Å². The largest absolute Gasteiger partial charge is 0.506 e. The first-order chi connectivity index (χ1) is 11.9. The van der Waals surface area contributed by atoms with Crippen molar-refractivity contribution < 1.29 is 9.90 Å². The summed E-state index contributed by atoms with van der Waals surface area (Å²) in [4.78, 5) is 12.4. The third-order valence-electron chi connectivity index (χ3n) is 3.59. The SMILES string of the molecule is Cc1ccc(NC(=O)Cn2c(-c3ccc(Cl)cc3)n[nH]c2=S)c(O)c1. The quantitative estimate of drug-likeness (QED) is 0.477. The second-order valence-electron chi connectivity index (χ2n) is 5.51. The molecule has 3 N–H and O–H groups in total. The number of benzene rings is 2. The maximum atomic E-state index is 12.4. The average molecular weight is 375 g/mol. The molecule has 0 saturated carbocycles. The molecule has 0 fully saturated rings. The van der Waals surface area contributed by atoms with Gasteiger partial charge in [-0.25, -0.2) is 0 Å². The second kappa shape index (κ2) is 7.08. The Balaban J connectivity index is 1.83. The standard InChI is InChI=1S/C17H15ClN4O2S/c1-10-2-7-13(14(23)8-10)19-15(24)9-22-16(20-21-17(22)25)11-3-5-12(18)6-4-11/h2-8,23H,9H2,1H3,(H,19,24)(H,21,25). The Morgan fingerprint density at radius 1 is 1.32 bits per heavy atom. The average Bonchev–Trinajstić information content (AvgIpc) is 2.92. The summed E-state index contributed by atoms with van der Waals surface area (Å²) in [6.07, 6.45) is 0. The summed E-state index contributed by atoms with van der Waals surface area (Å²) in [5.74, 6) is 0.221. The van der Waals surface area contributed by atoms with E-state index in [-0.39, 0.29) is 18.2 Å². The summed E-state index contributed by atoms with van der Waals surface area (Å²) < 4.78 is 1.91. The molecule has 0 unspecified atom stereocenters. The first-order valence-electron chi connectivity index (χ1n) is 7.44. The van der Waals surface area contributed by atoms with E-state index in [1.807, 2.05) is 6.92 Å². The minimum atomic E-state index is -0.327. The topological polar surface area (TPSA) is 82.9 Å². The van der Waals surface area contributed by atoms with Gasteiger partial charge in [0.2, 0.25) is 5.91 Å². The van der Waals surface area contributed by atoms with Crippen molar-refractivity contribution in [3.63, 3.8) is 0 Å². The molecular formula is C17H15ClN4O2S. The number of amides is 1. The van der Waals surface area contributed by atoms with E-state index >= 15 is 0 Å². The Hall–Kier alpha value is -2.64. The van der Waals surface area contributed by atoms with Gasteiger partial charge in [0.15, 0.2) is 10.6 Å². The van der Waals surface area contributed by atoms with E-state index in [4.69, 9.17) is 23.8 Å². The molecular weight excluding hydrogens is 360 g/mol. The lowest BCUT2D eigenvalue weighted by atomic mass is 10.2. The number of H-pyrrole nitrogens is 1. The van der Waals surface area contributed by atoms with E-state index in [1.54, 1.807) is 47.0 Å². The first kappa shape index (κ1) is 17.2. The zero-order valence-electron chi connectivity index (χ0n) is 13.3. The minimum Gasteiger partial charge on any atom is -0.506 e. The number of carbonyl (C=O) groups is 1. The van der Waals surface area contributed by atoms with Crippen LogP contribution in [-0.4, -0.2) is 25.8 Å². The molecule has 0 spiro atoms. The van der Waals surface area contributed by atoms with Crippen LogP contribution in [0.3, 0.4) is 0 Å². The Morgan fingerprint density at radius 2 is 2.04 bits per heavy atom. The summed E-state index contributed by atoms with van der Waals surface area (Å²) in [5, 5.41) is 20.1. The zero-order chi connectivity index (χ0) is 18.0. The second-order valence-corrected chi connectivity index (χ2v) is 6.34. The van der Waals surface area contributed by atoms with Crippen molar-refractivity contribution in [3.05, 3.63) is 57.8 Å². The van der Waals surface area contributed by atoms with Gasteiger partial charge in [0.1, 0.15) is 12.3 Å². The molecule has 6 nitrogen and oxygen atoms in total. The fourth-order valence-corrected chi connectivity index (χ4v) is 2.69. The van der Waals surface area contributed by atoms with Crippen LogP contribution in [0.2, 0.25) is 5.02 Å². The van der Waals surface area contributed by atoms with Crippen LogP contribution >= 0.6 is 23.8 Å². The molecule has 0 atom stereocenters. The molecule has 1 aromatic heterocycles. The molecule has 0 bridgehead atoms. The highest BCUT2D eigenvalue weighted by atomic mass is 35.5.